The molecule has 0 saturated heterocycles. The van der Waals surface area contributed by atoms with Crippen LogP contribution in [0, 0.1) is 5.41 Å². The van der Waals surface area contributed by atoms with Crippen molar-refractivity contribution in [2.24, 2.45) is 34.4 Å². The lowest BCUT2D eigenvalue weighted by Crippen LogP contribution is -2.44. The van der Waals surface area contributed by atoms with Gasteiger partial charge in [0.15, 0.2) is 5.96 Å². The number of hydrogen-bond donors (Lipinski definition) is 15. The molecule has 462 valence electrons. The number of rotatable bonds is 37. The average molecular weight is 1180 g/mol. The van der Waals surface area contributed by atoms with Crippen molar-refractivity contribution in [1.82, 2.24) is 21.3 Å². The lowest BCUT2D eigenvalue weighted by atomic mass is 10.0. The number of ether oxygens (including phenoxy) is 4. The minimum absolute atomic E-state index is 0.00559. The van der Waals surface area contributed by atoms with Gasteiger partial charge in [-0.15, -0.1) is 0 Å². The Morgan fingerprint density at radius 1 is 0.424 bits per heavy atom. The summed E-state index contributed by atoms with van der Waals surface area (Å²) in [6.07, 6.45) is 5.81. The van der Waals surface area contributed by atoms with E-state index in [1.807, 2.05) is 0 Å². The number of nitrogens with two attached hydrogens (primary N) is 6. The molecule has 0 aliphatic heterocycles. The zero-order valence-corrected chi connectivity index (χ0v) is 48.6. The van der Waals surface area contributed by atoms with Crippen molar-refractivity contribution >= 4 is 76.0 Å². The molecule has 0 heterocycles. The van der Waals surface area contributed by atoms with Gasteiger partial charge in [0.25, 0.3) is 23.6 Å². The predicted molar refractivity (Wildman–Crippen MR) is 324 cm³/mol. The Bertz CT molecular complexity index is 2940. The number of benzene rings is 4. The molecule has 85 heavy (non-hydrogen) atoms. The van der Waals surface area contributed by atoms with Gasteiger partial charge in [0.1, 0.15) is 41.1 Å². The predicted octanol–water partition coefficient (Wildman–Crippen LogP) is 2.73. The molecule has 4 aromatic rings. The summed E-state index contributed by atoms with van der Waals surface area (Å²) in [6, 6.07) is 13.1. The standard InChI is InChI=1S/C58H83N15O12/c1-82-46-22-18-34(30-38(46)50(63)74)68-56(80)44(16-8-12-28-61)72-53(77)41-32-36(20-24-49(41)85-4)69-55(79)43(15-6-5-10-26-59)71-52(76)40-33-37(21-25-48(40)84-3)70-57(81)45(17-9-13-29-66-58(64)65)73-51(75)39-31-35(19-23-47(39)83-2)67-54(78)42(62)14-7-11-27-60/h18-25,30-33,42-45H,5-17,26-29,59-62H2,1-4H3,(H2,63,74)(H,67,78)(H,68,80)(H,69,79)(H,70,81)(H,71,76)(H,72,77)(H,73,75)(H4,64,65,66)/t42-,43-,44-,45-/m0/s1. The van der Waals surface area contributed by atoms with Gasteiger partial charge >= 0.3 is 0 Å². The molecule has 4 atom stereocenters. The summed E-state index contributed by atoms with van der Waals surface area (Å²) in [4.78, 5) is 110. The van der Waals surface area contributed by atoms with Crippen molar-refractivity contribution in [3.05, 3.63) is 95.1 Å². The Balaban J connectivity index is 1.58. The van der Waals surface area contributed by atoms with E-state index in [9.17, 15) is 38.4 Å². The van der Waals surface area contributed by atoms with Gasteiger partial charge < -0.3 is 95.9 Å². The maximum Gasteiger partial charge on any atom is 0.255 e. The smallest absolute Gasteiger partial charge is 0.255 e. The third kappa shape index (κ3) is 21.9. The second-order valence-electron chi connectivity index (χ2n) is 19.7. The molecule has 0 aliphatic carbocycles. The molecular weight excluding hydrogens is 1100 g/mol. The normalized spacial score (nSPS) is 12.2. The zero-order valence-electron chi connectivity index (χ0n) is 48.6. The maximum absolute atomic E-state index is 14.4. The summed E-state index contributed by atoms with van der Waals surface area (Å²) in [7, 11) is 5.42. The molecule has 8 amide bonds. The van der Waals surface area contributed by atoms with Crippen LogP contribution >= 0.6 is 0 Å². The third-order valence-electron chi connectivity index (χ3n) is 13.4. The molecule has 0 radical (unpaired) electrons. The second kappa shape index (κ2) is 35.8. The summed E-state index contributed by atoms with van der Waals surface area (Å²) < 4.78 is 21.8. The van der Waals surface area contributed by atoms with Crippen LogP contribution in [0.2, 0.25) is 0 Å². The first-order valence-electron chi connectivity index (χ1n) is 27.9. The summed E-state index contributed by atoms with van der Waals surface area (Å²) in [5.41, 5.74) is 34.9. The van der Waals surface area contributed by atoms with E-state index in [0.717, 1.165) is 0 Å². The largest absolute Gasteiger partial charge is 0.496 e. The van der Waals surface area contributed by atoms with Crippen LogP contribution in [0.25, 0.3) is 0 Å². The molecule has 21 N–H and O–H groups in total. The van der Waals surface area contributed by atoms with Gasteiger partial charge in [-0.3, -0.25) is 43.8 Å². The minimum Gasteiger partial charge on any atom is -0.496 e. The number of amides is 8. The van der Waals surface area contributed by atoms with Gasteiger partial charge in [-0.2, -0.15) is 0 Å². The summed E-state index contributed by atoms with van der Waals surface area (Å²) in [5.74, 6) is -5.02. The van der Waals surface area contributed by atoms with E-state index in [2.05, 4.69) is 42.5 Å². The first-order valence-corrected chi connectivity index (χ1v) is 27.9. The Morgan fingerprint density at radius 3 is 1.07 bits per heavy atom. The minimum atomic E-state index is -1.18. The van der Waals surface area contributed by atoms with E-state index < -0.39 is 71.4 Å². The number of carbonyl (C=O) groups excluding carboxylic acids is 8. The lowest BCUT2D eigenvalue weighted by molar-refractivity contribution is -0.118. The van der Waals surface area contributed by atoms with Crippen molar-refractivity contribution in [3.8, 4) is 23.0 Å². The van der Waals surface area contributed by atoms with E-state index in [4.69, 9.17) is 58.8 Å². The van der Waals surface area contributed by atoms with Crippen LogP contribution in [-0.4, -0.2) is 132 Å². The first-order chi connectivity index (χ1) is 40.8. The molecule has 0 fully saturated rings. The molecule has 4 aromatic carbocycles. The van der Waals surface area contributed by atoms with Crippen molar-refractivity contribution in [2.45, 2.75) is 108 Å². The molecule has 0 aliphatic rings. The van der Waals surface area contributed by atoms with E-state index in [-0.39, 0.29) is 93.2 Å². The zero-order chi connectivity index (χ0) is 62.4. The van der Waals surface area contributed by atoms with Crippen molar-refractivity contribution in [3.63, 3.8) is 0 Å². The molecule has 27 nitrogen and oxygen atoms in total. The van der Waals surface area contributed by atoms with Crippen LogP contribution in [-0.2, 0) is 19.2 Å². The lowest BCUT2D eigenvalue weighted by Gasteiger charge is -2.22. The van der Waals surface area contributed by atoms with Crippen LogP contribution < -0.4 is 95.9 Å². The van der Waals surface area contributed by atoms with E-state index in [0.29, 0.717) is 90.4 Å². The highest BCUT2D eigenvalue weighted by Gasteiger charge is 2.29. The Kier molecular flexibility index (Phi) is 28.9. The molecule has 0 spiro atoms. The highest BCUT2D eigenvalue weighted by atomic mass is 16.5. The first kappa shape index (κ1) is 68.4. The average Bonchev–Trinajstić information content (AvgIpc) is 3.67. The number of carbonyl (C=O) groups is 8. The summed E-state index contributed by atoms with van der Waals surface area (Å²) in [5, 5.41) is 29.6. The number of hydrogen-bond acceptors (Lipinski definition) is 17. The van der Waals surface area contributed by atoms with Gasteiger partial charge in [0.2, 0.25) is 23.6 Å². The summed E-state index contributed by atoms with van der Waals surface area (Å²) in [6.45, 7) is 1.52. The van der Waals surface area contributed by atoms with E-state index in [1.165, 1.54) is 95.2 Å². The fourth-order valence-corrected chi connectivity index (χ4v) is 8.80. The van der Waals surface area contributed by atoms with Crippen LogP contribution in [0.15, 0.2) is 72.8 Å². The molecule has 0 aromatic heterocycles. The van der Waals surface area contributed by atoms with Gasteiger partial charge in [0, 0.05) is 29.3 Å². The molecule has 27 heteroatoms. The maximum atomic E-state index is 14.4. The van der Waals surface area contributed by atoms with Crippen molar-refractivity contribution in [2.75, 3.05) is 75.9 Å². The number of guanidine groups is 1. The topological polar surface area (TPSA) is 450 Å². The Hall–Kier alpha value is -9.05. The van der Waals surface area contributed by atoms with Crippen LogP contribution in [0.4, 0.5) is 22.7 Å². The van der Waals surface area contributed by atoms with Crippen LogP contribution in [0.3, 0.4) is 0 Å². The van der Waals surface area contributed by atoms with Crippen LogP contribution in [0.5, 0.6) is 23.0 Å². The third-order valence-corrected chi connectivity index (χ3v) is 13.4. The molecule has 0 bridgehead atoms. The number of anilines is 4. The molecule has 0 unspecified atom stereocenters. The van der Waals surface area contributed by atoms with Crippen molar-refractivity contribution < 1.29 is 57.3 Å². The van der Waals surface area contributed by atoms with Crippen LogP contribution in [0.1, 0.15) is 125 Å². The number of unbranched alkanes of at least 4 members (excludes halogenated alkanes) is 5. The monoisotopic (exact) mass is 1180 g/mol. The molecular formula is C58H83N15O12. The second-order valence-corrected chi connectivity index (χ2v) is 19.7. The van der Waals surface area contributed by atoms with Gasteiger partial charge in [-0.25, -0.2) is 0 Å². The van der Waals surface area contributed by atoms with Gasteiger partial charge in [-0.1, -0.05) is 19.3 Å². The van der Waals surface area contributed by atoms with Crippen molar-refractivity contribution in [1.29, 1.82) is 5.41 Å². The number of methoxy groups -OCH3 is 4. The fourth-order valence-electron chi connectivity index (χ4n) is 8.80. The molecule has 4 rings (SSSR count). The van der Waals surface area contributed by atoms with Gasteiger partial charge in [-0.05, 0) is 157 Å². The highest BCUT2D eigenvalue weighted by Crippen LogP contribution is 2.28. The summed E-state index contributed by atoms with van der Waals surface area (Å²) >= 11 is 0. The number of nitrogens with one attached hydrogen (secondary N) is 9. The van der Waals surface area contributed by atoms with E-state index >= 15 is 0 Å². The SMILES string of the molecule is COc1ccc(NC(=O)[C@H](CCCCN)NC(=O)c2cc(NC(=O)[C@H](CCCCCN)NC(=O)c3cc(NC(=O)[C@H](CCCCNC(=N)N)NC(=O)c4cc(NC(=O)[C@@H](N)CCCCN)ccc4OC)ccc3OC)ccc2OC)cc1C(N)=O. The van der Waals surface area contributed by atoms with E-state index in [1.54, 1.807) is 6.07 Å². The highest BCUT2D eigenvalue weighted by molar-refractivity contribution is 6.07. The fraction of sp³-hybridized carbons (Fsp3) is 0.431. The Labute approximate surface area is 494 Å². The Morgan fingerprint density at radius 2 is 0.729 bits per heavy atom. The van der Waals surface area contributed by atoms with Gasteiger partial charge in [0.05, 0.1) is 56.7 Å². The number of primary amides is 1. The molecule has 0 saturated carbocycles. The quantitative estimate of drug-likeness (QED) is 0.0175.